The number of furan rings is 1. The Balaban J connectivity index is 1.86. The smallest absolute Gasteiger partial charge is 0.105 e. The third-order valence-corrected chi connectivity index (χ3v) is 3.38. The first kappa shape index (κ1) is 10.7. The zero-order chi connectivity index (χ0) is 10.7. The van der Waals surface area contributed by atoms with Crippen molar-refractivity contribution in [2.75, 3.05) is 20.1 Å². The van der Waals surface area contributed by atoms with Crippen molar-refractivity contribution in [1.82, 2.24) is 10.2 Å². The number of nitrogens with zero attached hydrogens (tertiary/aromatic N) is 1. The van der Waals surface area contributed by atoms with E-state index in [1.54, 1.807) is 6.26 Å². The summed E-state index contributed by atoms with van der Waals surface area (Å²) in [4.78, 5) is 2.46. The van der Waals surface area contributed by atoms with Gasteiger partial charge in [-0.3, -0.25) is 4.90 Å². The van der Waals surface area contributed by atoms with Gasteiger partial charge in [0.2, 0.25) is 0 Å². The molecule has 2 rings (SSSR count). The monoisotopic (exact) mass is 208 g/mol. The molecule has 84 valence electrons. The molecular weight excluding hydrogens is 188 g/mol. The van der Waals surface area contributed by atoms with Gasteiger partial charge in [-0.2, -0.15) is 0 Å². The molecule has 0 saturated carbocycles. The van der Waals surface area contributed by atoms with Crippen molar-refractivity contribution in [2.45, 2.75) is 31.8 Å². The van der Waals surface area contributed by atoms with E-state index >= 15 is 0 Å². The van der Waals surface area contributed by atoms with Crippen LogP contribution >= 0.6 is 0 Å². The van der Waals surface area contributed by atoms with Gasteiger partial charge in [0.25, 0.3) is 0 Å². The second kappa shape index (κ2) is 4.81. The fraction of sp³-hybridized carbons (Fsp3) is 0.667. The Morgan fingerprint density at radius 2 is 2.53 bits per heavy atom. The summed E-state index contributed by atoms with van der Waals surface area (Å²) in [6.07, 6.45) is 4.01. The summed E-state index contributed by atoms with van der Waals surface area (Å²) in [6, 6.07) is 5.24. The van der Waals surface area contributed by atoms with E-state index in [0.717, 1.165) is 25.3 Å². The van der Waals surface area contributed by atoms with Gasteiger partial charge in [0.05, 0.1) is 6.26 Å². The molecule has 3 nitrogen and oxygen atoms in total. The van der Waals surface area contributed by atoms with E-state index in [2.05, 4.69) is 30.3 Å². The van der Waals surface area contributed by atoms with Crippen LogP contribution in [0, 0.1) is 0 Å². The summed E-state index contributed by atoms with van der Waals surface area (Å²) in [6.45, 7) is 4.54. The molecule has 1 aromatic heterocycles. The molecule has 2 unspecified atom stereocenters. The molecule has 1 aliphatic heterocycles. The molecule has 1 N–H and O–H groups in total. The van der Waals surface area contributed by atoms with Crippen molar-refractivity contribution in [3.05, 3.63) is 24.2 Å². The molecule has 0 aromatic carbocycles. The van der Waals surface area contributed by atoms with Crippen molar-refractivity contribution < 1.29 is 4.42 Å². The van der Waals surface area contributed by atoms with Gasteiger partial charge in [-0.25, -0.2) is 0 Å². The van der Waals surface area contributed by atoms with Crippen molar-refractivity contribution >= 4 is 0 Å². The SMILES string of the molecule is CC(Cc1ccco1)N(C)C1CCNC1. The lowest BCUT2D eigenvalue weighted by molar-refractivity contribution is 0.188. The van der Waals surface area contributed by atoms with E-state index in [-0.39, 0.29) is 0 Å². The van der Waals surface area contributed by atoms with Crippen LogP contribution < -0.4 is 5.32 Å². The predicted molar refractivity (Wildman–Crippen MR) is 60.9 cm³/mol. The maximum atomic E-state index is 5.37. The third-order valence-electron chi connectivity index (χ3n) is 3.38. The fourth-order valence-corrected chi connectivity index (χ4v) is 2.21. The molecular formula is C12H20N2O. The number of likely N-dealkylation sites (N-methyl/N-ethyl adjacent to an activating group) is 1. The van der Waals surface area contributed by atoms with Gasteiger partial charge >= 0.3 is 0 Å². The molecule has 15 heavy (non-hydrogen) atoms. The lowest BCUT2D eigenvalue weighted by atomic mass is 10.1. The highest BCUT2D eigenvalue weighted by Gasteiger charge is 2.23. The van der Waals surface area contributed by atoms with Crippen LogP contribution in [-0.2, 0) is 6.42 Å². The first-order valence-electron chi connectivity index (χ1n) is 5.72. The Kier molecular flexibility index (Phi) is 3.44. The largest absolute Gasteiger partial charge is 0.469 e. The number of nitrogens with one attached hydrogen (secondary N) is 1. The molecule has 0 bridgehead atoms. The van der Waals surface area contributed by atoms with E-state index in [9.17, 15) is 0 Å². The van der Waals surface area contributed by atoms with Crippen LogP contribution in [0.3, 0.4) is 0 Å². The van der Waals surface area contributed by atoms with E-state index < -0.39 is 0 Å². The van der Waals surface area contributed by atoms with Crippen LogP contribution in [0.5, 0.6) is 0 Å². The minimum absolute atomic E-state index is 0.543. The quantitative estimate of drug-likeness (QED) is 0.813. The molecule has 1 fully saturated rings. The average Bonchev–Trinajstić information content (AvgIpc) is 2.88. The minimum atomic E-state index is 0.543. The summed E-state index contributed by atoms with van der Waals surface area (Å²) in [5.74, 6) is 1.08. The van der Waals surface area contributed by atoms with Crippen molar-refractivity contribution in [3.8, 4) is 0 Å². The molecule has 0 spiro atoms. The van der Waals surface area contributed by atoms with E-state index in [1.165, 1.54) is 6.42 Å². The predicted octanol–water partition coefficient (Wildman–Crippen LogP) is 1.50. The van der Waals surface area contributed by atoms with E-state index in [1.807, 2.05) is 6.07 Å². The maximum Gasteiger partial charge on any atom is 0.105 e. The Morgan fingerprint density at radius 1 is 1.67 bits per heavy atom. The highest BCUT2D eigenvalue weighted by Crippen LogP contribution is 2.14. The highest BCUT2D eigenvalue weighted by atomic mass is 16.3. The molecule has 3 heteroatoms. The summed E-state index contributed by atoms with van der Waals surface area (Å²) < 4.78 is 5.37. The van der Waals surface area contributed by atoms with Gasteiger partial charge in [0.15, 0.2) is 0 Å². The van der Waals surface area contributed by atoms with Crippen LogP contribution in [0.1, 0.15) is 19.1 Å². The molecule has 2 atom stereocenters. The van der Waals surface area contributed by atoms with Crippen LogP contribution in [0.15, 0.2) is 22.8 Å². The first-order chi connectivity index (χ1) is 7.27. The second-order valence-corrected chi connectivity index (χ2v) is 4.44. The molecule has 1 aromatic rings. The second-order valence-electron chi connectivity index (χ2n) is 4.44. The molecule has 2 heterocycles. The third kappa shape index (κ3) is 2.61. The van der Waals surface area contributed by atoms with Crippen molar-refractivity contribution in [3.63, 3.8) is 0 Å². The van der Waals surface area contributed by atoms with Crippen LogP contribution in [-0.4, -0.2) is 37.1 Å². The number of hydrogen-bond donors (Lipinski definition) is 1. The van der Waals surface area contributed by atoms with Gasteiger partial charge in [-0.1, -0.05) is 0 Å². The lowest BCUT2D eigenvalue weighted by Gasteiger charge is -2.29. The number of hydrogen-bond acceptors (Lipinski definition) is 3. The van der Waals surface area contributed by atoms with Crippen LogP contribution in [0.2, 0.25) is 0 Å². The first-order valence-corrected chi connectivity index (χ1v) is 5.72. The molecule has 1 saturated heterocycles. The Bertz CT molecular complexity index is 278. The van der Waals surface area contributed by atoms with Gasteiger partial charge in [-0.15, -0.1) is 0 Å². The van der Waals surface area contributed by atoms with Gasteiger partial charge in [-0.05, 0) is 39.1 Å². The zero-order valence-corrected chi connectivity index (χ0v) is 9.57. The summed E-state index contributed by atoms with van der Waals surface area (Å²) in [7, 11) is 2.21. The molecule has 1 aliphatic rings. The summed E-state index contributed by atoms with van der Waals surface area (Å²) in [5.41, 5.74) is 0. The van der Waals surface area contributed by atoms with E-state index in [4.69, 9.17) is 4.42 Å². The van der Waals surface area contributed by atoms with Gasteiger partial charge < -0.3 is 9.73 Å². The molecule has 0 aliphatic carbocycles. The molecule has 0 radical (unpaired) electrons. The summed E-state index contributed by atoms with van der Waals surface area (Å²) >= 11 is 0. The van der Waals surface area contributed by atoms with E-state index in [0.29, 0.717) is 12.1 Å². The molecule has 0 amide bonds. The zero-order valence-electron chi connectivity index (χ0n) is 9.57. The number of rotatable bonds is 4. The van der Waals surface area contributed by atoms with Gasteiger partial charge in [0, 0.05) is 25.0 Å². The fourth-order valence-electron chi connectivity index (χ4n) is 2.21. The Labute approximate surface area is 91.4 Å². The standard InChI is InChI=1S/C12H20N2O/c1-10(8-12-4-3-7-15-12)14(2)11-5-6-13-9-11/h3-4,7,10-11,13H,5-6,8-9H2,1-2H3. The maximum absolute atomic E-state index is 5.37. The van der Waals surface area contributed by atoms with Crippen molar-refractivity contribution in [1.29, 1.82) is 0 Å². The lowest BCUT2D eigenvalue weighted by Crippen LogP contribution is -2.40. The normalized spacial score (nSPS) is 23.5. The van der Waals surface area contributed by atoms with Gasteiger partial charge in [0.1, 0.15) is 5.76 Å². The summed E-state index contributed by atoms with van der Waals surface area (Å²) in [5, 5.41) is 3.40. The van der Waals surface area contributed by atoms with Crippen LogP contribution in [0.4, 0.5) is 0 Å². The minimum Gasteiger partial charge on any atom is -0.469 e. The Hall–Kier alpha value is -0.800. The topological polar surface area (TPSA) is 28.4 Å². The van der Waals surface area contributed by atoms with Crippen LogP contribution in [0.25, 0.3) is 0 Å². The van der Waals surface area contributed by atoms with Crippen molar-refractivity contribution in [2.24, 2.45) is 0 Å². The highest BCUT2D eigenvalue weighted by molar-refractivity contribution is 5.00. The Morgan fingerprint density at radius 3 is 3.13 bits per heavy atom. The average molecular weight is 208 g/mol.